The van der Waals surface area contributed by atoms with Crippen molar-refractivity contribution in [2.24, 2.45) is 5.73 Å². The van der Waals surface area contributed by atoms with Crippen molar-refractivity contribution in [3.8, 4) is 0 Å². The molecular weight excluding hydrogens is 188 g/mol. The van der Waals surface area contributed by atoms with E-state index in [-0.39, 0.29) is 0 Å². The van der Waals surface area contributed by atoms with E-state index < -0.39 is 30.6 Å². The van der Waals surface area contributed by atoms with E-state index in [0.717, 1.165) is 6.42 Å². The smallest absolute Gasteiger partial charge is 0.328 e. The highest BCUT2D eigenvalue weighted by Crippen LogP contribution is 1.94. The zero-order valence-corrected chi connectivity index (χ0v) is 8.06. The van der Waals surface area contributed by atoms with Crippen LogP contribution in [0.5, 0.6) is 0 Å². The third kappa shape index (κ3) is 4.20. The van der Waals surface area contributed by atoms with Crippen LogP contribution in [0.1, 0.15) is 19.8 Å². The summed E-state index contributed by atoms with van der Waals surface area (Å²) in [5, 5.41) is 19.3. The van der Waals surface area contributed by atoms with E-state index in [2.05, 4.69) is 5.32 Å². The first-order valence-electron chi connectivity index (χ1n) is 4.42. The van der Waals surface area contributed by atoms with Gasteiger partial charge in [-0.3, -0.25) is 4.79 Å². The molecule has 0 bridgehead atoms. The van der Waals surface area contributed by atoms with E-state index in [1.54, 1.807) is 0 Å². The van der Waals surface area contributed by atoms with Crippen molar-refractivity contribution in [1.82, 2.24) is 5.32 Å². The van der Waals surface area contributed by atoms with Crippen LogP contribution >= 0.6 is 0 Å². The molecule has 0 aromatic heterocycles. The van der Waals surface area contributed by atoms with Gasteiger partial charge in [-0.25, -0.2) is 4.79 Å². The van der Waals surface area contributed by atoms with Crippen molar-refractivity contribution in [3.63, 3.8) is 0 Å². The fourth-order valence-corrected chi connectivity index (χ4v) is 0.906. The summed E-state index contributed by atoms with van der Waals surface area (Å²) in [6.07, 6.45) is 1.23. The van der Waals surface area contributed by atoms with Gasteiger partial charge in [-0.1, -0.05) is 13.3 Å². The summed E-state index contributed by atoms with van der Waals surface area (Å²) >= 11 is 0. The van der Waals surface area contributed by atoms with E-state index >= 15 is 0 Å². The molecule has 0 radical (unpaired) electrons. The number of aliphatic hydroxyl groups excluding tert-OH is 1. The molecule has 1 amide bonds. The lowest BCUT2D eigenvalue weighted by Gasteiger charge is -2.15. The minimum absolute atomic E-state index is 0.490. The van der Waals surface area contributed by atoms with E-state index in [1.165, 1.54) is 0 Å². The Morgan fingerprint density at radius 3 is 2.43 bits per heavy atom. The average Bonchev–Trinajstić information content (AvgIpc) is 2.13. The first kappa shape index (κ1) is 12.9. The second-order valence-electron chi connectivity index (χ2n) is 2.98. The SMILES string of the molecule is CCC[C@H](N)C(=O)NC(CO)C(=O)O. The fourth-order valence-electron chi connectivity index (χ4n) is 0.906. The lowest BCUT2D eigenvalue weighted by Crippen LogP contribution is -2.49. The van der Waals surface area contributed by atoms with Gasteiger partial charge in [-0.2, -0.15) is 0 Å². The Morgan fingerprint density at radius 2 is 2.07 bits per heavy atom. The molecular formula is C8H16N2O4. The fraction of sp³-hybridized carbons (Fsp3) is 0.750. The van der Waals surface area contributed by atoms with Crippen LogP contribution in [-0.4, -0.2) is 40.8 Å². The average molecular weight is 204 g/mol. The van der Waals surface area contributed by atoms with Crippen LogP contribution in [0.15, 0.2) is 0 Å². The van der Waals surface area contributed by atoms with E-state index in [4.69, 9.17) is 15.9 Å². The van der Waals surface area contributed by atoms with Gasteiger partial charge in [0.05, 0.1) is 12.6 Å². The highest BCUT2D eigenvalue weighted by atomic mass is 16.4. The number of nitrogens with one attached hydrogen (secondary N) is 1. The number of carboxylic acids is 1. The van der Waals surface area contributed by atoms with Crippen LogP contribution in [0.2, 0.25) is 0 Å². The van der Waals surface area contributed by atoms with Gasteiger partial charge in [-0.15, -0.1) is 0 Å². The summed E-state index contributed by atoms with van der Waals surface area (Å²) in [4.78, 5) is 21.6. The summed E-state index contributed by atoms with van der Waals surface area (Å²) < 4.78 is 0. The minimum atomic E-state index is -1.27. The van der Waals surface area contributed by atoms with Crippen LogP contribution in [-0.2, 0) is 9.59 Å². The Labute approximate surface area is 82.1 Å². The number of rotatable bonds is 6. The number of nitrogens with two attached hydrogens (primary N) is 1. The second kappa shape index (κ2) is 6.33. The maximum atomic E-state index is 11.2. The van der Waals surface area contributed by atoms with Gasteiger partial charge in [0, 0.05) is 0 Å². The molecule has 0 spiro atoms. The highest BCUT2D eigenvalue weighted by molar-refractivity contribution is 5.86. The number of aliphatic carboxylic acids is 1. The Balaban J connectivity index is 4.08. The van der Waals surface area contributed by atoms with Crippen molar-refractivity contribution in [2.45, 2.75) is 31.8 Å². The van der Waals surface area contributed by atoms with Crippen LogP contribution in [0.25, 0.3) is 0 Å². The molecule has 0 aliphatic carbocycles. The first-order chi connectivity index (χ1) is 6.52. The molecule has 6 heteroatoms. The molecule has 0 aliphatic rings. The van der Waals surface area contributed by atoms with Gasteiger partial charge >= 0.3 is 5.97 Å². The van der Waals surface area contributed by atoms with Crippen LogP contribution in [0.3, 0.4) is 0 Å². The standard InChI is InChI=1S/C8H16N2O4/c1-2-3-5(9)7(12)10-6(4-11)8(13)14/h5-6,11H,2-4,9H2,1H3,(H,10,12)(H,13,14)/t5-,6?/m0/s1. The van der Waals surface area contributed by atoms with E-state index in [1.807, 2.05) is 6.92 Å². The number of amides is 1. The van der Waals surface area contributed by atoms with Gasteiger partial charge in [0.1, 0.15) is 6.04 Å². The highest BCUT2D eigenvalue weighted by Gasteiger charge is 2.21. The number of carboxylic acid groups (broad SMARTS) is 1. The third-order valence-electron chi connectivity index (χ3n) is 1.73. The van der Waals surface area contributed by atoms with Gasteiger partial charge in [-0.05, 0) is 6.42 Å². The van der Waals surface area contributed by atoms with Crippen molar-refractivity contribution in [1.29, 1.82) is 0 Å². The number of carbonyl (C=O) groups is 2. The molecule has 0 saturated carbocycles. The zero-order valence-electron chi connectivity index (χ0n) is 8.06. The van der Waals surface area contributed by atoms with Crippen LogP contribution in [0.4, 0.5) is 0 Å². The van der Waals surface area contributed by atoms with Gasteiger partial charge < -0.3 is 21.3 Å². The molecule has 0 heterocycles. The Kier molecular flexibility index (Phi) is 5.82. The molecule has 0 saturated heterocycles. The molecule has 2 atom stereocenters. The summed E-state index contributed by atoms with van der Waals surface area (Å²) in [6.45, 7) is 1.23. The zero-order chi connectivity index (χ0) is 11.1. The minimum Gasteiger partial charge on any atom is -0.480 e. The third-order valence-corrected chi connectivity index (χ3v) is 1.73. The van der Waals surface area contributed by atoms with Crippen LogP contribution < -0.4 is 11.1 Å². The quantitative estimate of drug-likeness (QED) is 0.428. The molecule has 14 heavy (non-hydrogen) atoms. The van der Waals surface area contributed by atoms with Gasteiger partial charge in [0.2, 0.25) is 5.91 Å². The van der Waals surface area contributed by atoms with Crippen LogP contribution in [0, 0.1) is 0 Å². The molecule has 0 rings (SSSR count). The lowest BCUT2D eigenvalue weighted by molar-refractivity contribution is -0.143. The molecule has 5 N–H and O–H groups in total. The Hall–Kier alpha value is -1.14. The van der Waals surface area contributed by atoms with Crippen molar-refractivity contribution in [2.75, 3.05) is 6.61 Å². The first-order valence-corrected chi connectivity index (χ1v) is 4.42. The van der Waals surface area contributed by atoms with E-state index in [9.17, 15) is 9.59 Å². The molecule has 82 valence electrons. The number of aliphatic hydroxyl groups is 1. The van der Waals surface area contributed by atoms with Gasteiger partial charge in [0.25, 0.3) is 0 Å². The summed E-state index contributed by atoms with van der Waals surface area (Å²) in [5.74, 6) is -1.82. The molecule has 0 aromatic carbocycles. The summed E-state index contributed by atoms with van der Waals surface area (Å²) in [5.41, 5.74) is 5.44. The van der Waals surface area contributed by atoms with Gasteiger partial charge in [0.15, 0.2) is 0 Å². The molecule has 0 fully saturated rings. The maximum Gasteiger partial charge on any atom is 0.328 e. The largest absolute Gasteiger partial charge is 0.480 e. The van der Waals surface area contributed by atoms with Crippen molar-refractivity contribution in [3.05, 3.63) is 0 Å². The molecule has 1 unspecified atom stereocenters. The predicted octanol–water partition coefficient (Wildman–Crippen LogP) is -1.32. The maximum absolute atomic E-state index is 11.2. The summed E-state index contributed by atoms with van der Waals surface area (Å²) in [7, 11) is 0. The number of hydrogen-bond acceptors (Lipinski definition) is 4. The molecule has 0 aliphatic heterocycles. The lowest BCUT2D eigenvalue weighted by atomic mass is 10.1. The normalized spacial score (nSPS) is 14.5. The molecule has 0 aromatic rings. The Bertz CT molecular complexity index is 208. The second-order valence-corrected chi connectivity index (χ2v) is 2.98. The summed E-state index contributed by atoms with van der Waals surface area (Å²) in [6, 6.07) is -1.99. The number of carbonyl (C=O) groups excluding carboxylic acids is 1. The van der Waals surface area contributed by atoms with Crippen molar-refractivity contribution < 1.29 is 19.8 Å². The molecule has 6 nitrogen and oxygen atoms in total. The number of hydrogen-bond donors (Lipinski definition) is 4. The Morgan fingerprint density at radius 1 is 1.50 bits per heavy atom. The predicted molar refractivity (Wildman–Crippen MR) is 49.5 cm³/mol. The topological polar surface area (TPSA) is 113 Å². The van der Waals surface area contributed by atoms with E-state index in [0.29, 0.717) is 6.42 Å². The van der Waals surface area contributed by atoms with Crippen molar-refractivity contribution >= 4 is 11.9 Å². The monoisotopic (exact) mass is 204 g/mol.